The number of nitrogens with one attached hydrogen (secondary N) is 1. The van der Waals surface area contributed by atoms with Crippen molar-refractivity contribution in [2.45, 2.75) is 39.3 Å². The predicted molar refractivity (Wildman–Crippen MR) is 86.1 cm³/mol. The Kier molecular flexibility index (Phi) is 5.76. The summed E-state index contributed by atoms with van der Waals surface area (Å²) in [6.07, 6.45) is 2.66. The van der Waals surface area contributed by atoms with Gasteiger partial charge in [-0.15, -0.1) is 0 Å². The van der Waals surface area contributed by atoms with E-state index < -0.39 is 0 Å². The summed E-state index contributed by atoms with van der Waals surface area (Å²) in [5.74, 6) is 0.288. The fourth-order valence-electron chi connectivity index (χ4n) is 3.01. The molecular weight excluding hydrogens is 262 g/mol. The van der Waals surface area contributed by atoms with Gasteiger partial charge in [0.05, 0.1) is 0 Å². The minimum atomic E-state index is -0.372. The number of carbonyl (C=O) groups excluding carboxylic acids is 1. The predicted octanol–water partition coefficient (Wildman–Crippen LogP) is 2.00. The largest absolute Gasteiger partial charge is 0.366 e. The Morgan fingerprint density at radius 3 is 2.38 bits per heavy atom. The van der Waals surface area contributed by atoms with Crippen LogP contribution in [0, 0.1) is 5.92 Å². The van der Waals surface area contributed by atoms with E-state index in [1.54, 1.807) is 12.1 Å². The summed E-state index contributed by atoms with van der Waals surface area (Å²) >= 11 is 0. The molecule has 0 saturated carbocycles. The molecule has 1 atom stereocenters. The quantitative estimate of drug-likeness (QED) is 0.807. The van der Waals surface area contributed by atoms with Crippen molar-refractivity contribution in [3.8, 4) is 0 Å². The van der Waals surface area contributed by atoms with E-state index in [2.05, 4.69) is 24.1 Å². The van der Waals surface area contributed by atoms with Gasteiger partial charge >= 0.3 is 0 Å². The number of nitrogens with zero attached hydrogens (tertiary/aromatic N) is 1. The van der Waals surface area contributed by atoms with Crippen molar-refractivity contribution in [3.63, 3.8) is 0 Å². The van der Waals surface area contributed by atoms with E-state index in [0.29, 0.717) is 17.5 Å². The second-order valence-electron chi connectivity index (χ2n) is 6.25. The van der Waals surface area contributed by atoms with Crippen LogP contribution < -0.4 is 11.1 Å². The van der Waals surface area contributed by atoms with Crippen LogP contribution >= 0.6 is 0 Å². The summed E-state index contributed by atoms with van der Waals surface area (Å²) in [5, 5.41) is 3.55. The van der Waals surface area contributed by atoms with Crippen LogP contribution in [0.5, 0.6) is 0 Å². The maximum absolute atomic E-state index is 11.0. The Morgan fingerprint density at radius 1 is 1.24 bits per heavy atom. The van der Waals surface area contributed by atoms with Gasteiger partial charge in [0.2, 0.25) is 5.91 Å². The summed E-state index contributed by atoms with van der Waals surface area (Å²) in [4.78, 5) is 13.6. The number of benzene rings is 1. The van der Waals surface area contributed by atoms with Crippen LogP contribution in [0.4, 0.5) is 0 Å². The molecule has 1 unspecified atom stereocenters. The third kappa shape index (κ3) is 4.55. The number of carbonyl (C=O) groups is 1. The van der Waals surface area contributed by atoms with Gasteiger partial charge in [-0.25, -0.2) is 0 Å². The highest BCUT2D eigenvalue weighted by Gasteiger charge is 2.23. The Balaban J connectivity index is 1.82. The van der Waals surface area contributed by atoms with Gasteiger partial charge in [0.15, 0.2) is 0 Å². The molecule has 1 aliphatic heterocycles. The topological polar surface area (TPSA) is 58.4 Å². The summed E-state index contributed by atoms with van der Waals surface area (Å²) < 4.78 is 0. The van der Waals surface area contributed by atoms with E-state index in [1.165, 1.54) is 31.5 Å². The molecule has 0 aromatic heterocycles. The van der Waals surface area contributed by atoms with E-state index in [1.807, 2.05) is 12.1 Å². The molecule has 0 radical (unpaired) electrons. The highest BCUT2D eigenvalue weighted by Crippen LogP contribution is 2.17. The van der Waals surface area contributed by atoms with Crippen molar-refractivity contribution in [1.82, 2.24) is 10.2 Å². The van der Waals surface area contributed by atoms with Gasteiger partial charge in [-0.2, -0.15) is 0 Å². The van der Waals surface area contributed by atoms with E-state index in [9.17, 15) is 4.79 Å². The minimum Gasteiger partial charge on any atom is -0.366 e. The fourth-order valence-corrected chi connectivity index (χ4v) is 3.01. The lowest BCUT2D eigenvalue weighted by Crippen LogP contribution is -2.44. The molecule has 1 aromatic rings. The number of rotatable bonds is 7. The molecule has 1 fully saturated rings. The lowest BCUT2D eigenvalue weighted by molar-refractivity contribution is 0.100. The first kappa shape index (κ1) is 16.0. The standard InChI is InChI=1S/C17H27N3O/c1-13(2)16(20-9-3-4-10-20)12-19-11-14-5-7-15(8-6-14)17(18)21/h5-8,13,16,19H,3-4,9-12H2,1-2H3,(H2,18,21). The molecule has 1 amide bonds. The van der Waals surface area contributed by atoms with Crippen LogP contribution in [0.15, 0.2) is 24.3 Å². The highest BCUT2D eigenvalue weighted by atomic mass is 16.1. The minimum absolute atomic E-state index is 0.372. The SMILES string of the molecule is CC(C)C(CNCc1ccc(C(N)=O)cc1)N1CCCC1. The van der Waals surface area contributed by atoms with E-state index in [-0.39, 0.29) is 5.91 Å². The smallest absolute Gasteiger partial charge is 0.248 e. The molecule has 21 heavy (non-hydrogen) atoms. The molecule has 116 valence electrons. The molecule has 1 aromatic carbocycles. The third-order valence-electron chi connectivity index (χ3n) is 4.30. The van der Waals surface area contributed by atoms with Crippen LogP contribution in [0.2, 0.25) is 0 Å². The van der Waals surface area contributed by atoms with Crippen LogP contribution in [0.25, 0.3) is 0 Å². The zero-order valence-corrected chi connectivity index (χ0v) is 13.1. The highest BCUT2D eigenvalue weighted by molar-refractivity contribution is 5.92. The van der Waals surface area contributed by atoms with Gasteiger partial charge in [0.1, 0.15) is 0 Å². The van der Waals surface area contributed by atoms with Crippen LogP contribution in [-0.4, -0.2) is 36.5 Å². The molecule has 1 aliphatic rings. The van der Waals surface area contributed by atoms with Crippen molar-refractivity contribution >= 4 is 5.91 Å². The van der Waals surface area contributed by atoms with Crippen LogP contribution in [0.3, 0.4) is 0 Å². The lowest BCUT2D eigenvalue weighted by Gasteiger charge is -2.31. The van der Waals surface area contributed by atoms with Gasteiger partial charge in [-0.05, 0) is 49.5 Å². The molecule has 0 bridgehead atoms. The average molecular weight is 289 g/mol. The number of primary amides is 1. The van der Waals surface area contributed by atoms with Gasteiger partial charge in [0.25, 0.3) is 0 Å². The maximum atomic E-state index is 11.0. The third-order valence-corrected chi connectivity index (χ3v) is 4.30. The van der Waals surface area contributed by atoms with Gasteiger partial charge in [0, 0.05) is 24.7 Å². The van der Waals surface area contributed by atoms with E-state index in [4.69, 9.17) is 5.73 Å². The number of likely N-dealkylation sites (tertiary alicyclic amines) is 1. The maximum Gasteiger partial charge on any atom is 0.248 e. The zero-order chi connectivity index (χ0) is 15.2. The van der Waals surface area contributed by atoms with Crippen molar-refractivity contribution in [2.75, 3.05) is 19.6 Å². The molecule has 0 spiro atoms. The molecule has 4 heteroatoms. The van der Waals surface area contributed by atoms with E-state index >= 15 is 0 Å². The van der Waals surface area contributed by atoms with Crippen LogP contribution in [-0.2, 0) is 6.54 Å². The number of hydrogen-bond donors (Lipinski definition) is 2. The monoisotopic (exact) mass is 289 g/mol. The molecular formula is C17H27N3O. The fraction of sp³-hybridized carbons (Fsp3) is 0.588. The van der Waals surface area contributed by atoms with Gasteiger partial charge in [-0.1, -0.05) is 26.0 Å². The van der Waals surface area contributed by atoms with E-state index in [0.717, 1.165) is 13.1 Å². The number of hydrogen-bond acceptors (Lipinski definition) is 3. The summed E-state index contributed by atoms with van der Waals surface area (Å²) in [7, 11) is 0. The number of nitrogens with two attached hydrogens (primary N) is 1. The zero-order valence-electron chi connectivity index (χ0n) is 13.1. The van der Waals surface area contributed by atoms with Crippen molar-refractivity contribution in [3.05, 3.63) is 35.4 Å². The first-order chi connectivity index (χ1) is 10.1. The Hall–Kier alpha value is -1.39. The second kappa shape index (κ2) is 7.57. The molecule has 1 heterocycles. The first-order valence-corrected chi connectivity index (χ1v) is 7.91. The molecule has 4 nitrogen and oxygen atoms in total. The average Bonchev–Trinajstić information content (AvgIpc) is 2.97. The summed E-state index contributed by atoms with van der Waals surface area (Å²) in [6, 6.07) is 8.12. The molecule has 0 aliphatic carbocycles. The van der Waals surface area contributed by atoms with Crippen molar-refractivity contribution in [1.29, 1.82) is 0 Å². The van der Waals surface area contributed by atoms with Gasteiger partial charge < -0.3 is 11.1 Å². The number of amides is 1. The van der Waals surface area contributed by atoms with Gasteiger partial charge in [-0.3, -0.25) is 9.69 Å². The molecule has 1 saturated heterocycles. The lowest BCUT2D eigenvalue weighted by atomic mass is 10.0. The Morgan fingerprint density at radius 2 is 1.86 bits per heavy atom. The Bertz CT molecular complexity index is 450. The normalized spacial score (nSPS) is 17.3. The summed E-state index contributed by atoms with van der Waals surface area (Å²) in [6.45, 7) is 8.90. The molecule has 2 rings (SSSR count). The van der Waals surface area contributed by atoms with Crippen molar-refractivity contribution in [2.24, 2.45) is 11.7 Å². The second-order valence-corrected chi connectivity index (χ2v) is 6.25. The first-order valence-electron chi connectivity index (χ1n) is 7.91. The molecule has 3 N–H and O–H groups in total. The Labute approximate surface area is 127 Å². The van der Waals surface area contributed by atoms with Crippen molar-refractivity contribution < 1.29 is 4.79 Å². The summed E-state index contributed by atoms with van der Waals surface area (Å²) in [5.41, 5.74) is 7.00. The van der Waals surface area contributed by atoms with Crippen LogP contribution in [0.1, 0.15) is 42.6 Å².